The summed E-state index contributed by atoms with van der Waals surface area (Å²) < 4.78 is 7.24. The number of aromatic nitrogens is 2. The second kappa shape index (κ2) is 5.13. The predicted octanol–water partition coefficient (Wildman–Crippen LogP) is 3.74. The van der Waals surface area contributed by atoms with Gasteiger partial charge >= 0.3 is 0 Å². The quantitative estimate of drug-likeness (QED) is 0.795. The number of fused-ring (bicyclic) bond motifs is 1. The van der Waals surface area contributed by atoms with Gasteiger partial charge in [-0.25, -0.2) is 4.98 Å². The first kappa shape index (κ1) is 13.5. The molecule has 0 saturated carbocycles. The van der Waals surface area contributed by atoms with E-state index in [1.807, 2.05) is 22.8 Å². The SMILES string of the molecule is COc1ccc2nc(N)n(-c3ccc(C(C)C)cc3)c2c1. The van der Waals surface area contributed by atoms with E-state index >= 15 is 0 Å². The molecule has 4 heteroatoms. The van der Waals surface area contributed by atoms with Gasteiger partial charge in [0.1, 0.15) is 5.75 Å². The second-order valence-corrected chi connectivity index (χ2v) is 5.41. The van der Waals surface area contributed by atoms with Crippen molar-refractivity contribution in [2.45, 2.75) is 19.8 Å². The molecule has 1 aromatic heterocycles. The highest BCUT2D eigenvalue weighted by Crippen LogP contribution is 2.27. The van der Waals surface area contributed by atoms with Gasteiger partial charge in [0.05, 0.1) is 18.1 Å². The second-order valence-electron chi connectivity index (χ2n) is 5.41. The number of hydrogen-bond acceptors (Lipinski definition) is 3. The summed E-state index contributed by atoms with van der Waals surface area (Å²) in [5.41, 5.74) is 10.2. The Morgan fingerprint density at radius 2 is 1.81 bits per heavy atom. The Bertz CT molecular complexity index is 773. The maximum absolute atomic E-state index is 6.09. The van der Waals surface area contributed by atoms with Gasteiger partial charge in [0.25, 0.3) is 0 Å². The van der Waals surface area contributed by atoms with Crippen molar-refractivity contribution in [3.8, 4) is 11.4 Å². The summed E-state index contributed by atoms with van der Waals surface area (Å²) in [6, 6.07) is 14.2. The normalized spacial score (nSPS) is 11.2. The summed E-state index contributed by atoms with van der Waals surface area (Å²) in [4.78, 5) is 4.41. The van der Waals surface area contributed by atoms with Crippen molar-refractivity contribution in [3.63, 3.8) is 0 Å². The molecule has 0 aliphatic rings. The summed E-state index contributed by atoms with van der Waals surface area (Å²) >= 11 is 0. The molecule has 0 bridgehead atoms. The van der Waals surface area contributed by atoms with Crippen LogP contribution in [0, 0.1) is 0 Å². The Morgan fingerprint density at radius 3 is 2.43 bits per heavy atom. The number of nitrogen functional groups attached to an aromatic ring is 1. The molecule has 4 nitrogen and oxygen atoms in total. The number of nitrogens with zero attached hydrogens (tertiary/aromatic N) is 2. The van der Waals surface area contributed by atoms with Gasteiger partial charge in [0, 0.05) is 11.8 Å². The summed E-state index contributed by atoms with van der Waals surface area (Å²) in [5, 5.41) is 0. The third-order valence-corrected chi connectivity index (χ3v) is 3.71. The lowest BCUT2D eigenvalue weighted by Gasteiger charge is -2.10. The van der Waals surface area contributed by atoms with Crippen molar-refractivity contribution in [2.75, 3.05) is 12.8 Å². The van der Waals surface area contributed by atoms with Crippen molar-refractivity contribution >= 4 is 17.0 Å². The summed E-state index contributed by atoms with van der Waals surface area (Å²) in [5.74, 6) is 1.79. The summed E-state index contributed by atoms with van der Waals surface area (Å²) in [7, 11) is 1.66. The maximum Gasteiger partial charge on any atom is 0.205 e. The van der Waals surface area contributed by atoms with Crippen molar-refractivity contribution < 1.29 is 4.74 Å². The molecule has 0 amide bonds. The fraction of sp³-hybridized carbons (Fsp3) is 0.235. The molecule has 108 valence electrons. The molecule has 3 rings (SSSR count). The minimum atomic E-state index is 0.482. The van der Waals surface area contributed by atoms with Crippen LogP contribution in [0.3, 0.4) is 0 Å². The van der Waals surface area contributed by atoms with Gasteiger partial charge in [0.15, 0.2) is 0 Å². The Balaban J connectivity index is 2.16. The topological polar surface area (TPSA) is 53.1 Å². The van der Waals surface area contributed by atoms with Crippen molar-refractivity contribution in [2.24, 2.45) is 0 Å². The van der Waals surface area contributed by atoms with Gasteiger partial charge in [-0.2, -0.15) is 0 Å². The molecule has 2 aromatic carbocycles. The average Bonchev–Trinajstić information content (AvgIpc) is 2.82. The minimum absolute atomic E-state index is 0.482. The first-order valence-electron chi connectivity index (χ1n) is 7.02. The number of nitrogens with two attached hydrogens (primary N) is 1. The molecule has 2 N–H and O–H groups in total. The zero-order chi connectivity index (χ0) is 15.0. The van der Waals surface area contributed by atoms with E-state index in [4.69, 9.17) is 10.5 Å². The molecular weight excluding hydrogens is 262 g/mol. The Hall–Kier alpha value is -2.49. The highest BCUT2D eigenvalue weighted by atomic mass is 16.5. The lowest BCUT2D eigenvalue weighted by Crippen LogP contribution is -2.01. The van der Waals surface area contributed by atoms with Crippen molar-refractivity contribution in [3.05, 3.63) is 48.0 Å². The molecular formula is C17H19N3O. The third kappa shape index (κ3) is 2.33. The van der Waals surface area contributed by atoms with Crippen LogP contribution in [0.1, 0.15) is 25.3 Å². The molecule has 0 unspecified atom stereocenters. The molecule has 21 heavy (non-hydrogen) atoms. The zero-order valence-corrected chi connectivity index (χ0v) is 12.5. The van der Waals surface area contributed by atoms with Crippen molar-refractivity contribution in [1.82, 2.24) is 9.55 Å². The number of benzene rings is 2. The van der Waals surface area contributed by atoms with E-state index in [0.717, 1.165) is 22.5 Å². The molecule has 3 aromatic rings. The van der Waals surface area contributed by atoms with E-state index in [-0.39, 0.29) is 0 Å². The fourth-order valence-corrected chi connectivity index (χ4v) is 2.48. The average molecular weight is 281 g/mol. The number of imidazole rings is 1. The standard InChI is InChI=1S/C17H19N3O/c1-11(2)12-4-6-13(7-5-12)20-16-10-14(21-3)8-9-15(16)19-17(20)18/h4-11H,1-3H3,(H2,18,19). The molecule has 0 atom stereocenters. The van der Waals surface area contributed by atoms with Crippen LogP contribution in [0.5, 0.6) is 5.75 Å². The first-order valence-corrected chi connectivity index (χ1v) is 7.02. The van der Waals surface area contributed by atoms with Gasteiger partial charge in [-0.1, -0.05) is 26.0 Å². The van der Waals surface area contributed by atoms with Crippen LogP contribution in [0.2, 0.25) is 0 Å². The highest BCUT2D eigenvalue weighted by molar-refractivity contribution is 5.82. The first-order chi connectivity index (χ1) is 10.1. The van der Waals surface area contributed by atoms with Crippen LogP contribution < -0.4 is 10.5 Å². The fourth-order valence-electron chi connectivity index (χ4n) is 2.48. The van der Waals surface area contributed by atoms with E-state index in [1.165, 1.54) is 5.56 Å². The summed E-state index contributed by atoms with van der Waals surface area (Å²) in [6.07, 6.45) is 0. The van der Waals surface area contributed by atoms with E-state index in [1.54, 1.807) is 7.11 Å². The predicted molar refractivity (Wildman–Crippen MR) is 86.1 cm³/mol. The summed E-state index contributed by atoms with van der Waals surface area (Å²) in [6.45, 7) is 4.36. The molecule has 0 fully saturated rings. The third-order valence-electron chi connectivity index (χ3n) is 3.71. The van der Waals surface area contributed by atoms with Crippen LogP contribution in [-0.2, 0) is 0 Å². The van der Waals surface area contributed by atoms with E-state index < -0.39 is 0 Å². The Kier molecular flexibility index (Phi) is 3.29. The van der Waals surface area contributed by atoms with Gasteiger partial charge in [-0.3, -0.25) is 4.57 Å². The zero-order valence-electron chi connectivity index (χ0n) is 12.5. The number of anilines is 1. The van der Waals surface area contributed by atoms with Crippen LogP contribution >= 0.6 is 0 Å². The van der Waals surface area contributed by atoms with Crippen LogP contribution in [0.4, 0.5) is 5.95 Å². The van der Waals surface area contributed by atoms with Crippen LogP contribution in [0.25, 0.3) is 16.7 Å². The smallest absolute Gasteiger partial charge is 0.205 e. The monoisotopic (exact) mass is 281 g/mol. The largest absolute Gasteiger partial charge is 0.497 e. The lowest BCUT2D eigenvalue weighted by molar-refractivity contribution is 0.415. The molecule has 1 heterocycles. The minimum Gasteiger partial charge on any atom is -0.497 e. The highest BCUT2D eigenvalue weighted by Gasteiger charge is 2.11. The van der Waals surface area contributed by atoms with E-state index in [9.17, 15) is 0 Å². The molecule has 0 spiro atoms. The van der Waals surface area contributed by atoms with Crippen molar-refractivity contribution in [1.29, 1.82) is 0 Å². The number of hydrogen-bond donors (Lipinski definition) is 1. The van der Waals surface area contributed by atoms with E-state index in [2.05, 4.69) is 43.1 Å². The Labute approximate surface area is 124 Å². The number of methoxy groups -OCH3 is 1. The maximum atomic E-state index is 6.09. The molecule has 0 radical (unpaired) electrons. The molecule has 0 aliphatic heterocycles. The molecule has 0 aliphatic carbocycles. The van der Waals surface area contributed by atoms with E-state index in [0.29, 0.717) is 11.9 Å². The number of rotatable bonds is 3. The van der Waals surface area contributed by atoms with Crippen LogP contribution in [0.15, 0.2) is 42.5 Å². The Morgan fingerprint density at radius 1 is 1.10 bits per heavy atom. The van der Waals surface area contributed by atoms with Gasteiger partial charge in [0.2, 0.25) is 5.95 Å². The number of ether oxygens (including phenoxy) is 1. The van der Waals surface area contributed by atoms with Crippen LogP contribution in [-0.4, -0.2) is 16.7 Å². The van der Waals surface area contributed by atoms with Gasteiger partial charge in [-0.15, -0.1) is 0 Å². The lowest BCUT2D eigenvalue weighted by atomic mass is 10.0. The van der Waals surface area contributed by atoms with Gasteiger partial charge in [-0.05, 0) is 35.7 Å². The van der Waals surface area contributed by atoms with Gasteiger partial charge < -0.3 is 10.5 Å². The molecule has 0 saturated heterocycles.